The summed E-state index contributed by atoms with van der Waals surface area (Å²) in [6.45, 7) is 12.6. The molecular weight excluding hydrogens is 228 g/mol. The Kier molecular flexibility index (Phi) is 8.25. The van der Waals surface area contributed by atoms with E-state index in [-0.39, 0.29) is 11.9 Å². The van der Waals surface area contributed by atoms with Gasteiger partial charge in [0.1, 0.15) is 0 Å². The van der Waals surface area contributed by atoms with E-state index in [2.05, 4.69) is 27.7 Å². The number of hydrogen-bond acceptors (Lipinski definition) is 3. The average Bonchev–Trinajstić information content (AvgIpc) is 2.14. The van der Waals surface area contributed by atoms with Crippen LogP contribution in [0, 0.1) is 23.7 Å². The first-order valence-electron chi connectivity index (χ1n) is 7.07. The molecule has 0 aromatic rings. The van der Waals surface area contributed by atoms with E-state index in [1.807, 2.05) is 13.8 Å². The van der Waals surface area contributed by atoms with E-state index < -0.39 is 6.10 Å². The Morgan fingerprint density at radius 3 is 2.00 bits per heavy atom. The molecule has 0 spiro atoms. The fraction of sp³-hybridized carbons (Fsp3) is 0.933. The second-order valence-corrected chi connectivity index (χ2v) is 6.39. The van der Waals surface area contributed by atoms with Crippen molar-refractivity contribution in [1.29, 1.82) is 0 Å². The molecule has 2 atom stereocenters. The molecule has 0 fully saturated rings. The third kappa shape index (κ3) is 7.70. The molecule has 0 heterocycles. The molecule has 2 unspecified atom stereocenters. The lowest BCUT2D eigenvalue weighted by Gasteiger charge is -2.27. The van der Waals surface area contributed by atoms with Gasteiger partial charge in [0.15, 0.2) is 0 Å². The highest BCUT2D eigenvalue weighted by Gasteiger charge is 2.25. The third-order valence-corrected chi connectivity index (χ3v) is 3.08. The van der Waals surface area contributed by atoms with Crippen LogP contribution in [-0.2, 0) is 9.53 Å². The van der Waals surface area contributed by atoms with Gasteiger partial charge in [-0.1, -0.05) is 41.5 Å². The number of carbonyl (C=O) groups is 1. The maximum absolute atomic E-state index is 11.5. The smallest absolute Gasteiger partial charge is 0.306 e. The monoisotopic (exact) mass is 258 g/mol. The van der Waals surface area contributed by atoms with Crippen molar-refractivity contribution in [3.05, 3.63) is 0 Å². The van der Waals surface area contributed by atoms with E-state index in [1.54, 1.807) is 0 Å². The van der Waals surface area contributed by atoms with Gasteiger partial charge in [0.25, 0.3) is 0 Å². The van der Waals surface area contributed by atoms with Crippen LogP contribution in [-0.4, -0.2) is 23.8 Å². The number of rotatable bonds is 8. The van der Waals surface area contributed by atoms with Gasteiger partial charge < -0.3 is 9.84 Å². The maximum Gasteiger partial charge on any atom is 0.306 e. The van der Waals surface area contributed by atoms with Crippen LogP contribution in [0.15, 0.2) is 0 Å². The second-order valence-electron chi connectivity index (χ2n) is 6.39. The van der Waals surface area contributed by atoms with E-state index in [0.29, 0.717) is 30.8 Å². The van der Waals surface area contributed by atoms with Gasteiger partial charge in [-0.3, -0.25) is 4.79 Å². The van der Waals surface area contributed by atoms with Crippen LogP contribution in [0.2, 0.25) is 0 Å². The van der Waals surface area contributed by atoms with Gasteiger partial charge >= 0.3 is 5.97 Å². The Balaban J connectivity index is 4.24. The zero-order valence-corrected chi connectivity index (χ0v) is 12.8. The summed E-state index contributed by atoms with van der Waals surface area (Å²) in [5.41, 5.74) is 0. The lowest BCUT2D eigenvalue weighted by molar-refractivity contribution is -0.148. The zero-order chi connectivity index (χ0) is 14.3. The fourth-order valence-electron chi connectivity index (χ4n) is 1.99. The van der Waals surface area contributed by atoms with E-state index >= 15 is 0 Å². The molecule has 108 valence electrons. The lowest BCUT2D eigenvalue weighted by Crippen LogP contribution is -2.31. The minimum atomic E-state index is -0.392. The summed E-state index contributed by atoms with van der Waals surface area (Å²) in [4.78, 5) is 11.5. The van der Waals surface area contributed by atoms with E-state index in [4.69, 9.17) is 4.74 Å². The first-order chi connectivity index (χ1) is 8.23. The standard InChI is InChI=1S/C15H30O3/c1-10(2)7-14(16)13(12(5)6)9-18-15(17)8-11(3)4/h10-14,16H,7-9H2,1-6H3. The molecule has 1 N–H and O–H groups in total. The Bertz CT molecular complexity index is 234. The topological polar surface area (TPSA) is 46.5 Å². The molecule has 0 aromatic carbocycles. The molecule has 0 saturated heterocycles. The van der Waals surface area contributed by atoms with Crippen molar-refractivity contribution in [2.45, 2.75) is 60.5 Å². The molecule has 0 aliphatic rings. The Labute approximate surface area is 112 Å². The van der Waals surface area contributed by atoms with Crippen LogP contribution < -0.4 is 0 Å². The lowest BCUT2D eigenvalue weighted by atomic mass is 9.87. The average molecular weight is 258 g/mol. The summed E-state index contributed by atoms with van der Waals surface area (Å²) in [6, 6.07) is 0. The second kappa shape index (κ2) is 8.52. The molecule has 3 nitrogen and oxygen atoms in total. The first-order valence-corrected chi connectivity index (χ1v) is 7.07. The van der Waals surface area contributed by atoms with Crippen LogP contribution in [0.25, 0.3) is 0 Å². The Morgan fingerprint density at radius 1 is 1.06 bits per heavy atom. The summed E-state index contributed by atoms with van der Waals surface area (Å²) < 4.78 is 5.28. The third-order valence-electron chi connectivity index (χ3n) is 3.08. The molecule has 0 bridgehead atoms. The highest BCUT2D eigenvalue weighted by molar-refractivity contribution is 5.69. The molecular formula is C15H30O3. The first kappa shape index (κ1) is 17.4. The van der Waals surface area contributed by atoms with Crippen molar-refractivity contribution in [2.24, 2.45) is 23.7 Å². The van der Waals surface area contributed by atoms with Crippen molar-refractivity contribution in [3.63, 3.8) is 0 Å². The highest BCUT2D eigenvalue weighted by atomic mass is 16.5. The van der Waals surface area contributed by atoms with Crippen molar-refractivity contribution in [1.82, 2.24) is 0 Å². The summed E-state index contributed by atoms with van der Waals surface area (Å²) in [5, 5.41) is 10.2. The number of ether oxygens (including phenoxy) is 1. The minimum absolute atomic E-state index is 0.0310. The van der Waals surface area contributed by atoms with E-state index in [1.165, 1.54) is 0 Å². The minimum Gasteiger partial charge on any atom is -0.465 e. The summed E-state index contributed by atoms with van der Waals surface area (Å²) >= 11 is 0. The maximum atomic E-state index is 11.5. The molecule has 0 radical (unpaired) electrons. The van der Waals surface area contributed by atoms with Crippen LogP contribution in [0.4, 0.5) is 0 Å². The highest BCUT2D eigenvalue weighted by Crippen LogP contribution is 2.21. The molecule has 0 aliphatic carbocycles. The van der Waals surface area contributed by atoms with E-state index in [0.717, 1.165) is 6.42 Å². The van der Waals surface area contributed by atoms with Gasteiger partial charge in [-0.25, -0.2) is 0 Å². The van der Waals surface area contributed by atoms with Crippen LogP contribution in [0.3, 0.4) is 0 Å². The largest absolute Gasteiger partial charge is 0.465 e. The molecule has 18 heavy (non-hydrogen) atoms. The molecule has 0 aromatic heterocycles. The van der Waals surface area contributed by atoms with Gasteiger partial charge in [0, 0.05) is 12.3 Å². The fourth-order valence-corrected chi connectivity index (χ4v) is 1.99. The molecule has 3 heteroatoms. The summed E-state index contributed by atoms with van der Waals surface area (Å²) in [6.07, 6.45) is 0.812. The predicted molar refractivity (Wildman–Crippen MR) is 74.2 cm³/mol. The normalized spacial score (nSPS) is 15.2. The van der Waals surface area contributed by atoms with Gasteiger partial charge in [-0.2, -0.15) is 0 Å². The summed E-state index contributed by atoms with van der Waals surface area (Å²) in [7, 11) is 0. The molecule has 0 rings (SSSR count). The van der Waals surface area contributed by atoms with E-state index in [9.17, 15) is 9.90 Å². The zero-order valence-electron chi connectivity index (χ0n) is 12.8. The van der Waals surface area contributed by atoms with Crippen LogP contribution in [0.5, 0.6) is 0 Å². The van der Waals surface area contributed by atoms with Crippen molar-refractivity contribution < 1.29 is 14.6 Å². The van der Waals surface area contributed by atoms with Crippen molar-refractivity contribution >= 4 is 5.97 Å². The SMILES string of the molecule is CC(C)CC(=O)OCC(C(C)C)C(O)CC(C)C. The summed E-state index contributed by atoms with van der Waals surface area (Å²) in [5.74, 6) is 0.949. The Hall–Kier alpha value is -0.570. The number of esters is 1. The van der Waals surface area contributed by atoms with Crippen molar-refractivity contribution in [3.8, 4) is 0 Å². The number of hydrogen-bond donors (Lipinski definition) is 1. The van der Waals surface area contributed by atoms with Gasteiger partial charge in [0.05, 0.1) is 12.7 Å². The quantitative estimate of drug-likeness (QED) is 0.680. The number of aliphatic hydroxyl groups is 1. The van der Waals surface area contributed by atoms with Gasteiger partial charge in [-0.05, 0) is 24.2 Å². The van der Waals surface area contributed by atoms with Crippen LogP contribution in [0.1, 0.15) is 54.4 Å². The van der Waals surface area contributed by atoms with Gasteiger partial charge in [0.2, 0.25) is 0 Å². The van der Waals surface area contributed by atoms with Crippen molar-refractivity contribution in [2.75, 3.05) is 6.61 Å². The molecule has 0 amide bonds. The number of carbonyl (C=O) groups excluding carboxylic acids is 1. The molecule has 0 aliphatic heterocycles. The van der Waals surface area contributed by atoms with Gasteiger partial charge in [-0.15, -0.1) is 0 Å². The Morgan fingerprint density at radius 2 is 1.61 bits per heavy atom. The number of aliphatic hydroxyl groups excluding tert-OH is 1. The molecule has 0 saturated carbocycles. The predicted octanol–water partition coefficient (Wildman–Crippen LogP) is 3.25. The van der Waals surface area contributed by atoms with Crippen LogP contribution >= 0.6 is 0 Å².